The van der Waals surface area contributed by atoms with E-state index in [0.29, 0.717) is 25.2 Å². The minimum Gasteiger partial charge on any atom is -0.316 e. The number of Topliss-reactive ketones (excluding diaryl/α,β-unsaturated/α-hetero) is 1. The number of sulfone groups is 1. The summed E-state index contributed by atoms with van der Waals surface area (Å²) in [5.41, 5.74) is 0. The zero-order chi connectivity index (χ0) is 12.0. The first-order valence-corrected chi connectivity index (χ1v) is 7.93. The average molecular weight is 247 g/mol. The van der Waals surface area contributed by atoms with Gasteiger partial charge in [-0.1, -0.05) is 0 Å². The number of carbonyl (C=O) groups is 1. The fourth-order valence-corrected chi connectivity index (χ4v) is 2.65. The Hall–Kier alpha value is -0.420. The SMILES string of the molecule is CS(=O)(=O)CCCC(=O)CCC1CCNC1. The van der Waals surface area contributed by atoms with E-state index in [0.717, 1.165) is 25.9 Å². The maximum atomic E-state index is 11.5. The first kappa shape index (κ1) is 13.6. The summed E-state index contributed by atoms with van der Waals surface area (Å²) in [4.78, 5) is 11.5. The van der Waals surface area contributed by atoms with Crippen molar-refractivity contribution in [2.24, 2.45) is 5.92 Å². The summed E-state index contributed by atoms with van der Waals surface area (Å²) >= 11 is 0. The summed E-state index contributed by atoms with van der Waals surface area (Å²) in [6.07, 6.45) is 4.81. The van der Waals surface area contributed by atoms with Gasteiger partial charge in [-0.25, -0.2) is 8.42 Å². The van der Waals surface area contributed by atoms with Gasteiger partial charge < -0.3 is 5.32 Å². The van der Waals surface area contributed by atoms with Crippen molar-refractivity contribution in [2.45, 2.75) is 32.1 Å². The molecular weight excluding hydrogens is 226 g/mol. The zero-order valence-corrected chi connectivity index (χ0v) is 10.7. The van der Waals surface area contributed by atoms with Crippen LogP contribution in [0.2, 0.25) is 0 Å². The summed E-state index contributed by atoms with van der Waals surface area (Å²) in [5, 5.41) is 3.27. The van der Waals surface area contributed by atoms with Crippen LogP contribution in [0.3, 0.4) is 0 Å². The Bertz CT molecular complexity index is 318. The Morgan fingerprint density at radius 3 is 2.69 bits per heavy atom. The molecule has 0 aliphatic carbocycles. The van der Waals surface area contributed by atoms with Crippen LogP contribution in [0.4, 0.5) is 0 Å². The smallest absolute Gasteiger partial charge is 0.147 e. The number of hydrogen-bond acceptors (Lipinski definition) is 4. The third kappa shape index (κ3) is 6.23. The Morgan fingerprint density at radius 1 is 1.38 bits per heavy atom. The van der Waals surface area contributed by atoms with Gasteiger partial charge in [0, 0.05) is 19.1 Å². The van der Waals surface area contributed by atoms with Gasteiger partial charge in [-0.15, -0.1) is 0 Å². The van der Waals surface area contributed by atoms with Crippen LogP contribution >= 0.6 is 0 Å². The van der Waals surface area contributed by atoms with Crippen LogP contribution < -0.4 is 5.32 Å². The fourth-order valence-electron chi connectivity index (χ4n) is 1.98. The Kier molecular flexibility index (Phi) is 5.41. The lowest BCUT2D eigenvalue weighted by Crippen LogP contribution is -2.11. The van der Waals surface area contributed by atoms with Gasteiger partial charge in [0.05, 0.1) is 5.75 Å². The monoisotopic (exact) mass is 247 g/mol. The molecule has 0 radical (unpaired) electrons. The third-order valence-electron chi connectivity index (χ3n) is 2.96. The fraction of sp³-hybridized carbons (Fsp3) is 0.909. The number of ketones is 1. The largest absolute Gasteiger partial charge is 0.316 e. The Morgan fingerprint density at radius 2 is 2.12 bits per heavy atom. The number of hydrogen-bond donors (Lipinski definition) is 1. The van der Waals surface area contributed by atoms with E-state index in [4.69, 9.17) is 0 Å². The summed E-state index contributed by atoms with van der Waals surface area (Å²) in [7, 11) is -2.91. The molecule has 0 aromatic rings. The molecule has 0 saturated carbocycles. The molecule has 0 bridgehead atoms. The van der Waals surface area contributed by atoms with E-state index in [1.54, 1.807) is 0 Å². The van der Waals surface area contributed by atoms with Gasteiger partial charge in [0.1, 0.15) is 15.6 Å². The summed E-state index contributed by atoms with van der Waals surface area (Å²) in [6, 6.07) is 0. The third-order valence-corrected chi connectivity index (χ3v) is 3.99. The molecule has 0 spiro atoms. The molecule has 1 aliphatic rings. The molecule has 1 rings (SSSR count). The maximum Gasteiger partial charge on any atom is 0.147 e. The van der Waals surface area contributed by atoms with Gasteiger partial charge in [0.2, 0.25) is 0 Å². The normalized spacial score (nSPS) is 21.2. The number of carbonyl (C=O) groups excluding carboxylic acids is 1. The quantitative estimate of drug-likeness (QED) is 0.722. The number of rotatable bonds is 7. The molecule has 1 unspecified atom stereocenters. The molecule has 1 saturated heterocycles. The molecule has 4 nitrogen and oxygen atoms in total. The standard InChI is InChI=1S/C11H21NO3S/c1-16(14,15)8-2-3-11(13)5-4-10-6-7-12-9-10/h10,12H,2-9H2,1H3. The van der Waals surface area contributed by atoms with Crippen molar-refractivity contribution in [3.05, 3.63) is 0 Å². The summed E-state index contributed by atoms with van der Waals surface area (Å²) in [6.45, 7) is 2.09. The van der Waals surface area contributed by atoms with Gasteiger partial charge >= 0.3 is 0 Å². The lowest BCUT2D eigenvalue weighted by atomic mass is 9.99. The van der Waals surface area contributed by atoms with Crippen molar-refractivity contribution >= 4 is 15.6 Å². The molecule has 1 N–H and O–H groups in total. The molecule has 0 aromatic carbocycles. The Balaban J connectivity index is 2.06. The van der Waals surface area contributed by atoms with E-state index in [9.17, 15) is 13.2 Å². The van der Waals surface area contributed by atoms with E-state index in [-0.39, 0.29) is 11.5 Å². The topological polar surface area (TPSA) is 63.2 Å². The molecule has 94 valence electrons. The van der Waals surface area contributed by atoms with E-state index >= 15 is 0 Å². The van der Waals surface area contributed by atoms with E-state index in [1.807, 2.05) is 0 Å². The Labute approximate surface area is 97.7 Å². The van der Waals surface area contributed by atoms with Crippen molar-refractivity contribution in [2.75, 3.05) is 25.1 Å². The van der Waals surface area contributed by atoms with Gasteiger partial charge in [-0.3, -0.25) is 4.79 Å². The molecule has 0 amide bonds. The zero-order valence-electron chi connectivity index (χ0n) is 9.87. The summed E-state index contributed by atoms with van der Waals surface area (Å²) < 4.78 is 21.7. The molecule has 5 heteroatoms. The van der Waals surface area contributed by atoms with Crippen LogP contribution in [0, 0.1) is 5.92 Å². The van der Waals surface area contributed by atoms with E-state index in [1.165, 1.54) is 6.26 Å². The van der Waals surface area contributed by atoms with Crippen LogP contribution in [0.25, 0.3) is 0 Å². The van der Waals surface area contributed by atoms with Gasteiger partial charge in [-0.2, -0.15) is 0 Å². The molecule has 16 heavy (non-hydrogen) atoms. The highest BCUT2D eigenvalue weighted by atomic mass is 32.2. The highest BCUT2D eigenvalue weighted by Crippen LogP contribution is 2.15. The van der Waals surface area contributed by atoms with Crippen molar-refractivity contribution < 1.29 is 13.2 Å². The second kappa shape index (κ2) is 6.35. The molecule has 1 fully saturated rings. The van der Waals surface area contributed by atoms with Gasteiger partial charge in [-0.05, 0) is 38.3 Å². The lowest BCUT2D eigenvalue weighted by molar-refractivity contribution is -0.119. The molecule has 1 aliphatic heterocycles. The first-order chi connectivity index (χ1) is 7.47. The minimum atomic E-state index is -2.91. The number of nitrogens with one attached hydrogen (secondary N) is 1. The minimum absolute atomic E-state index is 0.129. The average Bonchev–Trinajstić information content (AvgIpc) is 2.65. The molecular formula is C11H21NO3S. The predicted molar refractivity (Wildman–Crippen MR) is 64.2 cm³/mol. The van der Waals surface area contributed by atoms with Crippen LogP contribution in [0.5, 0.6) is 0 Å². The first-order valence-electron chi connectivity index (χ1n) is 5.87. The van der Waals surface area contributed by atoms with Crippen molar-refractivity contribution in [1.82, 2.24) is 5.32 Å². The van der Waals surface area contributed by atoms with Crippen LogP contribution in [0.15, 0.2) is 0 Å². The predicted octanol–water partition coefficient (Wildman–Crippen LogP) is 0.770. The van der Waals surface area contributed by atoms with E-state index in [2.05, 4.69) is 5.32 Å². The molecule has 1 atom stereocenters. The van der Waals surface area contributed by atoms with Crippen molar-refractivity contribution in [1.29, 1.82) is 0 Å². The van der Waals surface area contributed by atoms with Gasteiger partial charge in [0.15, 0.2) is 0 Å². The highest BCUT2D eigenvalue weighted by molar-refractivity contribution is 7.90. The van der Waals surface area contributed by atoms with Crippen LogP contribution in [-0.4, -0.2) is 39.3 Å². The molecule has 0 aromatic heterocycles. The second-order valence-electron chi connectivity index (χ2n) is 4.67. The van der Waals surface area contributed by atoms with Crippen LogP contribution in [0.1, 0.15) is 32.1 Å². The summed E-state index contributed by atoms with van der Waals surface area (Å²) in [5.74, 6) is 0.971. The van der Waals surface area contributed by atoms with Gasteiger partial charge in [0.25, 0.3) is 0 Å². The highest BCUT2D eigenvalue weighted by Gasteiger charge is 2.15. The van der Waals surface area contributed by atoms with Crippen molar-refractivity contribution in [3.8, 4) is 0 Å². The second-order valence-corrected chi connectivity index (χ2v) is 6.93. The molecule has 1 heterocycles. The van der Waals surface area contributed by atoms with E-state index < -0.39 is 9.84 Å². The van der Waals surface area contributed by atoms with Crippen LogP contribution in [-0.2, 0) is 14.6 Å². The maximum absolute atomic E-state index is 11.5. The van der Waals surface area contributed by atoms with Crippen molar-refractivity contribution in [3.63, 3.8) is 0 Å². The lowest BCUT2D eigenvalue weighted by Gasteiger charge is -2.06.